The number of rotatable bonds is 9. The molecule has 0 saturated heterocycles. The zero-order valence-electron chi connectivity index (χ0n) is 21.2. The summed E-state index contributed by atoms with van der Waals surface area (Å²) in [6.07, 6.45) is 5.53. The molecule has 6 nitrogen and oxygen atoms in total. The van der Waals surface area contributed by atoms with E-state index in [0.717, 1.165) is 36.1 Å². The average molecular weight is 507 g/mol. The summed E-state index contributed by atoms with van der Waals surface area (Å²) < 4.78 is 11.0. The highest BCUT2D eigenvalue weighted by molar-refractivity contribution is 7.10. The Labute approximate surface area is 217 Å². The van der Waals surface area contributed by atoms with Gasteiger partial charge in [-0.3, -0.25) is 14.5 Å². The van der Waals surface area contributed by atoms with Crippen molar-refractivity contribution in [3.8, 4) is 11.5 Å². The van der Waals surface area contributed by atoms with Crippen LogP contribution in [0.25, 0.3) is 0 Å². The molecular weight excluding hydrogens is 472 g/mol. The van der Waals surface area contributed by atoms with Gasteiger partial charge in [0.15, 0.2) is 11.5 Å². The van der Waals surface area contributed by atoms with Gasteiger partial charge < -0.3 is 14.8 Å². The highest BCUT2D eigenvalue weighted by Gasteiger charge is 2.34. The number of nitrogens with one attached hydrogen (secondary N) is 1. The largest absolute Gasteiger partial charge is 0.493 e. The van der Waals surface area contributed by atoms with E-state index in [0.29, 0.717) is 22.7 Å². The molecule has 0 bridgehead atoms. The van der Waals surface area contributed by atoms with Crippen molar-refractivity contribution in [2.24, 2.45) is 0 Å². The molecule has 1 N–H and O–H groups in total. The molecule has 0 radical (unpaired) electrons. The monoisotopic (exact) mass is 506 g/mol. The number of methoxy groups -OCH3 is 2. The van der Waals surface area contributed by atoms with Crippen LogP contribution in [0.4, 0.5) is 5.69 Å². The van der Waals surface area contributed by atoms with Gasteiger partial charge in [0, 0.05) is 16.6 Å². The van der Waals surface area contributed by atoms with Crippen molar-refractivity contribution >= 4 is 28.8 Å². The van der Waals surface area contributed by atoms with Crippen LogP contribution in [0.3, 0.4) is 0 Å². The Balaban J connectivity index is 1.79. The molecule has 2 aromatic carbocycles. The topological polar surface area (TPSA) is 67.9 Å². The molecule has 3 aromatic rings. The fourth-order valence-corrected chi connectivity index (χ4v) is 5.45. The second-order valence-corrected chi connectivity index (χ2v) is 10.2. The molecule has 1 saturated carbocycles. The lowest BCUT2D eigenvalue weighted by Gasteiger charge is -2.34. The average Bonchev–Trinajstić information content (AvgIpc) is 3.41. The summed E-state index contributed by atoms with van der Waals surface area (Å²) in [7, 11) is 3.15. The third-order valence-electron chi connectivity index (χ3n) is 6.67. The molecule has 0 aliphatic heterocycles. The van der Waals surface area contributed by atoms with Gasteiger partial charge in [0.25, 0.3) is 0 Å². The molecule has 1 heterocycles. The SMILES string of the molecule is COc1ccc([C@H](C(=O)NC2CCCCC2)N(C(=O)Cc2cccs2)c2ccc(C)cc2)cc1OC. The lowest BCUT2D eigenvalue weighted by molar-refractivity contribution is -0.127. The van der Waals surface area contributed by atoms with Crippen molar-refractivity contribution in [3.05, 3.63) is 76.0 Å². The second-order valence-electron chi connectivity index (χ2n) is 9.22. The lowest BCUT2D eigenvalue weighted by atomic mass is 9.94. The van der Waals surface area contributed by atoms with E-state index in [1.807, 2.05) is 54.8 Å². The Morgan fingerprint density at radius 2 is 1.72 bits per heavy atom. The first kappa shape index (κ1) is 25.8. The zero-order valence-corrected chi connectivity index (χ0v) is 22.0. The Hall–Kier alpha value is -3.32. The van der Waals surface area contributed by atoms with Gasteiger partial charge in [-0.25, -0.2) is 0 Å². The highest BCUT2D eigenvalue weighted by Crippen LogP contribution is 2.35. The van der Waals surface area contributed by atoms with Crippen molar-refractivity contribution in [1.82, 2.24) is 5.32 Å². The Morgan fingerprint density at radius 1 is 1.00 bits per heavy atom. The fraction of sp³-hybridized carbons (Fsp3) is 0.379. The number of ether oxygens (including phenoxy) is 2. The number of anilines is 1. The van der Waals surface area contributed by atoms with Crippen LogP contribution >= 0.6 is 11.3 Å². The van der Waals surface area contributed by atoms with Crippen molar-refractivity contribution in [2.75, 3.05) is 19.1 Å². The first-order chi connectivity index (χ1) is 17.5. The molecule has 190 valence electrons. The van der Waals surface area contributed by atoms with Crippen LogP contribution < -0.4 is 19.7 Å². The molecular formula is C29H34N2O4S. The van der Waals surface area contributed by atoms with E-state index < -0.39 is 6.04 Å². The molecule has 2 amide bonds. The predicted octanol–water partition coefficient (Wildman–Crippen LogP) is 5.84. The van der Waals surface area contributed by atoms with Gasteiger partial charge in [-0.1, -0.05) is 49.1 Å². The van der Waals surface area contributed by atoms with E-state index in [1.165, 1.54) is 17.8 Å². The molecule has 1 atom stereocenters. The van der Waals surface area contributed by atoms with E-state index in [1.54, 1.807) is 31.3 Å². The van der Waals surface area contributed by atoms with Crippen LogP contribution in [0.2, 0.25) is 0 Å². The number of carbonyl (C=O) groups excluding carboxylic acids is 2. The number of hydrogen-bond acceptors (Lipinski definition) is 5. The summed E-state index contributed by atoms with van der Waals surface area (Å²) >= 11 is 1.54. The zero-order chi connectivity index (χ0) is 25.5. The van der Waals surface area contributed by atoms with Crippen molar-refractivity contribution < 1.29 is 19.1 Å². The van der Waals surface area contributed by atoms with Crippen LogP contribution in [0.5, 0.6) is 11.5 Å². The Bertz CT molecular complexity index is 1150. The quantitative estimate of drug-likeness (QED) is 0.396. The molecule has 36 heavy (non-hydrogen) atoms. The molecule has 4 rings (SSSR count). The van der Waals surface area contributed by atoms with Gasteiger partial charge >= 0.3 is 0 Å². The summed E-state index contributed by atoms with van der Waals surface area (Å²) in [4.78, 5) is 30.5. The van der Waals surface area contributed by atoms with E-state index in [4.69, 9.17) is 9.47 Å². The summed E-state index contributed by atoms with van der Waals surface area (Å²) in [5.74, 6) is 0.758. The second kappa shape index (κ2) is 12.1. The maximum Gasteiger partial charge on any atom is 0.248 e. The predicted molar refractivity (Wildman–Crippen MR) is 144 cm³/mol. The number of aryl methyl sites for hydroxylation is 1. The fourth-order valence-electron chi connectivity index (χ4n) is 4.76. The molecule has 0 spiro atoms. The van der Waals surface area contributed by atoms with Crippen LogP contribution in [-0.2, 0) is 16.0 Å². The van der Waals surface area contributed by atoms with E-state index in [-0.39, 0.29) is 24.3 Å². The smallest absolute Gasteiger partial charge is 0.248 e. The third kappa shape index (κ3) is 6.08. The number of nitrogens with zero attached hydrogens (tertiary/aromatic N) is 1. The van der Waals surface area contributed by atoms with Crippen molar-refractivity contribution in [2.45, 2.75) is 57.5 Å². The van der Waals surface area contributed by atoms with Crippen LogP contribution in [-0.4, -0.2) is 32.1 Å². The molecule has 1 aliphatic rings. The summed E-state index contributed by atoms with van der Waals surface area (Å²) in [5.41, 5.74) is 2.43. The summed E-state index contributed by atoms with van der Waals surface area (Å²) in [6, 6.07) is 16.3. The minimum atomic E-state index is -0.859. The van der Waals surface area contributed by atoms with Crippen molar-refractivity contribution in [3.63, 3.8) is 0 Å². The van der Waals surface area contributed by atoms with E-state index in [9.17, 15) is 9.59 Å². The van der Waals surface area contributed by atoms with Crippen LogP contribution in [0.1, 0.15) is 54.1 Å². The number of thiophene rings is 1. The van der Waals surface area contributed by atoms with Gasteiger partial charge in [-0.15, -0.1) is 11.3 Å². The first-order valence-corrected chi connectivity index (χ1v) is 13.3. The van der Waals surface area contributed by atoms with Crippen LogP contribution in [0.15, 0.2) is 60.0 Å². The molecule has 7 heteroatoms. The molecule has 1 aliphatic carbocycles. The minimum absolute atomic E-state index is 0.112. The minimum Gasteiger partial charge on any atom is -0.493 e. The normalized spacial score (nSPS) is 14.6. The van der Waals surface area contributed by atoms with Gasteiger partial charge in [0.2, 0.25) is 11.8 Å². The van der Waals surface area contributed by atoms with E-state index in [2.05, 4.69) is 5.32 Å². The number of carbonyl (C=O) groups is 2. The van der Waals surface area contributed by atoms with Gasteiger partial charge in [0.1, 0.15) is 6.04 Å². The molecule has 1 fully saturated rings. The number of amides is 2. The number of benzene rings is 2. The van der Waals surface area contributed by atoms with Gasteiger partial charge in [0.05, 0.1) is 20.6 Å². The standard InChI is InChI=1S/C29H34N2O4S/c1-20-11-14-23(15-12-20)31(27(32)19-24-10-7-17-36-24)28(29(33)30-22-8-5-4-6-9-22)21-13-16-25(34-2)26(18-21)35-3/h7,10-18,22,28H,4-6,8-9,19H2,1-3H3,(H,30,33)/t28-/m1/s1. The highest BCUT2D eigenvalue weighted by atomic mass is 32.1. The third-order valence-corrected chi connectivity index (χ3v) is 7.54. The Morgan fingerprint density at radius 3 is 2.36 bits per heavy atom. The Kier molecular flexibility index (Phi) is 8.65. The van der Waals surface area contributed by atoms with Gasteiger partial charge in [-0.05, 0) is 61.0 Å². The van der Waals surface area contributed by atoms with E-state index >= 15 is 0 Å². The maximum atomic E-state index is 14.0. The van der Waals surface area contributed by atoms with Gasteiger partial charge in [-0.2, -0.15) is 0 Å². The summed E-state index contributed by atoms with van der Waals surface area (Å²) in [6.45, 7) is 2.00. The van der Waals surface area contributed by atoms with Crippen molar-refractivity contribution in [1.29, 1.82) is 0 Å². The maximum absolute atomic E-state index is 14.0. The van der Waals surface area contributed by atoms with Crippen LogP contribution in [0, 0.1) is 6.92 Å². The molecule has 1 aromatic heterocycles. The lowest BCUT2D eigenvalue weighted by Crippen LogP contribution is -2.47. The first-order valence-electron chi connectivity index (χ1n) is 12.4. The summed E-state index contributed by atoms with van der Waals surface area (Å²) in [5, 5.41) is 5.22. The number of hydrogen-bond donors (Lipinski definition) is 1. The molecule has 0 unspecified atom stereocenters.